The molecule has 0 amide bonds. The van der Waals surface area contributed by atoms with Crippen LogP contribution in [0.2, 0.25) is 0 Å². The second-order valence-corrected chi connectivity index (χ2v) is 8.50. The van der Waals surface area contributed by atoms with Crippen molar-refractivity contribution in [1.82, 2.24) is 0 Å². The number of nitrogens with zero attached hydrogens (tertiary/aromatic N) is 1. The van der Waals surface area contributed by atoms with Crippen LogP contribution >= 0.6 is 0 Å². The van der Waals surface area contributed by atoms with E-state index in [1.165, 1.54) is 6.07 Å². The molecule has 0 radical (unpaired) electrons. The van der Waals surface area contributed by atoms with Crippen LogP contribution in [0.1, 0.15) is 54.0 Å². The molecule has 1 aromatic carbocycles. The first-order valence-electron chi connectivity index (χ1n) is 8.56. The van der Waals surface area contributed by atoms with Gasteiger partial charge in [-0.1, -0.05) is 12.1 Å². The molecule has 0 aliphatic carbocycles. The lowest BCUT2D eigenvalue weighted by Crippen LogP contribution is -2.41. The second kappa shape index (κ2) is 6.66. The fourth-order valence-electron chi connectivity index (χ4n) is 2.56. The second-order valence-electron chi connectivity index (χ2n) is 8.50. The summed E-state index contributed by atoms with van der Waals surface area (Å²) in [6, 6.07) is 4.65. The number of carbonyl (C=O) groups excluding carboxylic acids is 1. The Morgan fingerprint density at radius 2 is 1.73 bits per heavy atom. The fourth-order valence-corrected chi connectivity index (χ4v) is 2.56. The van der Waals surface area contributed by atoms with E-state index in [2.05, 4.69) is 0 Å². The van der Waals surface area contributed by atoms with Crippen LogP contribution in [0, 0.1) is 10.1 Å². The van der Waals surface area contributed by atoms with Crippen LogP contribution in [0.25, 0.3) is 0 Å². The summed E-state index contributed by atoms with van der Waals surface area (Å²) in [7, 11) is -0.700. The molecule has 0 bridgehead atoms. The average molecular weight is 363 g/mol. The average Bonchev–Trinajstić information content (AvgIpc) is 2.65. The number of benzene rings is 1. The van der Waals surface area contributed by atoms with E-state index >= 15 is 0 Å². The van der Waals surface area contributed by atoms with Crippen molar-refractivity contribution in [1.29, 1.82) is 0 Å². The van der Waals surface area contributed by atoms with E-state index in [-0.39, 0.29) is 12.1 Å². The third-order valence-corrected chi connectivity index (χ3v) is 4.59. The number of rotatable bonds is 4. The van der Waals surface area contributed by atoms with Gasteiger partial charge in [-0.2, -0.15) is 0 Å². The number of ether oxygens (including phenoxy) is 1. The van der Waals surface area contributed by atoms with Crippen molar-refractivity contribution in [2.24, 2.45) is 0 Å². The minimum atomic E-state index is -0.700. The first kappa shape index (κ1) is 20.4. The third-order valence-electron chi connectivity index (χ3n) is 4.59. The highest BCUT2D eigenvalue weighted by atomic mass is 16.7. The largest absolute Gasteiger partial charge is 0.495 e. The Kier molecular flexibility index (Phi) is 5.23. The third kappa shape index (κ3) is 4.42. The number of hydrogen-bond acceptors (Lipinski definition) is 6. The molecule has 1 aliphatic heterocycles. The first-order valence-corrected chi connectivity index (χ1v) is 8.56. The number of carbonyl (C=O) groups is 1. The zero-order valence-electron chi connectivity index (χ0n) is 16.4. The van der Waals surface area contributed by atoms with Gasteiger partial charge in [-0.05, 0) is 53.9 Å². The Balaban J connectivity index is 2.27. The summed E-state index contributed by atoms with van der Waals surface area (Å²) in [5.41, 5.74) is -1.03. The molecule has 26 heavy (non-hydrogen) atoms. The zero-order valence-corrected chi connectivity index (χ0v) is 16.4. The molecular weight excluding hydrogens is 337 g/mol. The van der Waals surface area contributed by atoms with Crippen molar-refractivity contribution in [2.45, 2.75) is 71.7 Å². The Morgan fingerprint density at radius 1 is 1.19 bits per heavy atom. The standard InChI is InChI=1S/C18H26BNO6/c1-16(2,3)24-15(21)10-12-8-9-13(11-14(12)20(22)23)19-25-17(4,5)18(6,7)26-19/h8-9,11H,10H2,1-7H3. The summed E-state index contributed by atoms with van der Waals surface area (Å²) in [6.45, 7) is 12.9. The van der Waals surface area contributed by atoms with E-state index in [0.29, 0.717) is 11.0 Å². The molecular formula is C18H26BNO6. The number of hydrogen-bond donors (Lipinski definition) is 0. The van der Waals surface area contributed by atoms with Crippen LogP contribution < -0.4 is 5.46 Å². The van der Waals surface area contributed by atoms with Crippen molar-refractivity contribution >= 4 is 24.2 Å². The predicted molar refractivity (Wildman–Crippen MR) is 98.4 cm³/mol. The summed E-state index contributed by atoms with van der Waals surface area (Å²) in [6.07, 6.45) is -0.169. The molecule has 1 fully saturated rings. The minimum absolute atomic E-state index is 0.150. The molecule has 7 nitrogen and oxygen atoms in total. The molecule has 1 aromatic rings. The molecule has 142 valence electrons. The van der Waals surface area contributed by atoms with Crippen LogP contribution in [0.5, 0.6) is 0 Å². The van der Waals surface area contributed by atoms with Gasteiger partial charge >= 0.3 is 13.1 Å². The van der Waals surface area contributed by atoms with Gasteiger partial charge in [-0.15, -0.1) is 0 Å². The lowest BCUT2D eigenvalue weighted by molar-refractivity contribution is -0.385. The van der Waals surface area contributed by atoms with Crippen LogP contribution in [0.3, 0.4) is 0 Å². The molecule has 0 N–H and O–H groups in total. The van der Waals surface area contributed by atoms with Gasteiger partial charge in [0.15, 0.2) is 0 Å². The van der Waals surface area contributed by atoms with Crippen molar-refractivity contribution in [3.8, 4) is 0 Å². The first-order chi connectivity index (χ1) is 11.7. The number of nitro benzene ring substituents is 1. The Labute approximate surface area is 154 Å². The lowest BCUT2D eigenvalue weighted by atomic mass is 9.78. The summed E-state index contributed by atoms with van der Waals surface area (Å²) in [5.74, 6) is -0.510. The minimum Gasteiger partial charge on any atom is -0.460 e. The van der Waals surface area contributed by atoms with Gasteiger partial charge in [0.1, 0.15) is 5.60 Å². The molecule has 0 aromatic heterocycles. The fraction of sp³-hybridized carbons (Fsp3) is 0.611. The molecule has 0 unspecified atom stereocenters. The predicted octanol–water partition coefficient (Wildman–Crippen LogP) is 2.78. The lowest BCUT2D eigenvalue weighted by Gasteiger charge is -2.32. The molecule has 8 heteroatoms. The van der Waals surface area contributed by atoms with E-state index in [1.807, 2.05) is 27.7 Å². The van der Waals surface area contributed by atoms with Crippen molar-refractivity contribution in [3.63, 3.8) is 0 Å². The van der Waals surface area contributed by atoms with Crippen molar-refractivity contribution in [3.05, 3.63) is 33.9 Å². The van der Waals surface area contributed by atoms with Crippen molar-refractivity contribution in [2.75, 3.05) is 0 Å². The molecule has 0 atom stereocenters. The molecule has 0 saturated carbocycles. The van der Waals surface area contributed by atoms with E-state index in [4.69, 9.17) is 14.0 Å². The van der Waals surface area contributed by atoms with Gasteiger partial charge in [0.2, 0.25) is 0 Å². The van der Waals surface area contributed by atoms with E-state index in [9.17, 15) is 14.9 Å². The molecule has 2 rings (SSSR count). The smallest absolute Gasteiger partial charge is 0.460 e. The summed E-state index contributed by atoms with van der Waals surface area (Å²) in [5, 5.41) is 11.5. The Hall–Kier alpha value is -1.93. The van der Waals surface area contributed by atoms with Gasteiger partial charge in [-0.25, -0.2) is 0 Å². The molecule has 0 spiro atoms. The maximum atomic E-state index is 12.0. The highest BCUT2D eigenvalue weighted by Crippen LogP contribution is 2.36. The summed E-state index contributed by atoms with van der Waals surface area (Å²) >= 11 is 0. The van der Waals surface area contributed by atoms with E-state index in [1.54, 1.807) is 32.9 Å². The van der Waals surface area contributed by atoms with Gasteiger partial charge in [0.05, 0.1) is 22.5 Å². The number of nitro groups is 1. The topological polar surface area (TPSA) is 87.9 Å². The highest BCUT2D eigenvalue weighted by Gasteiger charge is 2.52. The molecule has 1 aliphatic rings. The monoisotopic (exact) mass is 363 g/mol. The van der Waals surface area contributed by atoms with Gasteiger partial charge in [0, 0.05) is 11.6 Å². The Bertz CT molecular complexity index is 707. The number of esters is 1. The van der Waals surface area contributed by atoms with E-state index in [0.717, 1.165) is 0 Å². The molecule has 1 heterocycles. The van der Waals surface area contributed by atoms with Crippen LogP contribution in [-0.2, 0) is 25.3 Å². The van der Waals surface area contributed by atoms with Crippen LogP contribution in [0.15, 0.2) is 18.2 Å². The Morgan fingerprint density at radius 3 is 2.19 bits per heavy atom. The normalized spacial score (nSPS) is 18.7. The van der Waals surface area contributed by atoms with Gasteiger partial charge in [0.25, 0.3) is 5.69 Å². The maximum Gasteiger partial charge on any atom is 0.495 e. The van der Waals surface area contributed by atoms with E-state index < -0.39 is 34.8 Å². The quantitative estimate of drug-likeness (QED) is 0.354. The molecule has 1 saturated heterocycles. The zero-order chi connectivity index (χ0) is 19.9. The van der Waals surface area contributed by atoms with Gasteiger partial charge < -0.3 is 14.0 Å². The van der Waals surface area contributed by atoms with Crippen LogP contribution in [-0.4, -0.2) is 34.8 Å². The van der Waals surface area contributed by atoms with Crippen molar-refractivity contribution < 1.29 is 23.8 Å². The SMILES string of the molecule is CC(C)(C)OC(=O)Cc1ccc(B2OC(C)(C)C(C)(C)O2)cc1[N+](=O)[O-]. The summed E-state index contributed by atoms with van der Waals surface area (Å²) in [4.78, 5) is 23.0. The van der Waals surface area contributed by atoms with Crippen LogP contribution in [0.4, 0.5) is 5.69 Å². The highest BCUT2D eigenvalue weighted by molar-refractivity contribution is 6.62. The van der Waals surface area contributed by atoms with Gasteiger partial charge in [-0.3, -0.25) is 14.9 Å². The summed E-state index contributed by atoms with van der Waals surface area (Å²) < 4.78 is 17.1. The maximum absolute atomic E-state index is 12.0.